The Morgan fingerprint density at radius 3 is 3.42 bits per heavy atom. The minimum atomic E-state index is -0.195. The van der Waals surface area contributed by atoms with Crippen molar-refractivity contribution >= 4 is 5.69 Å². The summed E-state index contributed by atoms with van der Waals surface area (Å²) in [5, 5.41) is 6.88. The molecule has 1 aliphatic heterocycles. The highest BCUT2D eigenvalue weighted by atomic mass is 16.5. The van der Waals surface area contributed by atoms with Gasteiger partial charge >= 0.3 is 5.56 Å². The van der Waals surface area contributed by atoms with Crippen molar-refractivity contribution < 1.29 is 4.74 Å². The molecule has 0 amide bonds. The van der Waals surface area contributed by atoms with Crippen LogP contribution in [-0.4, -0.2) is 22.9 Å². The molecule has 1 N–H and O–H groups in total. The largest absolute Gasteiger partial charge is 0.484 e. The molecule has 1 aromatic rings. The van der Waals surface area contributed by atoms with Crippen molar-refractivity contribution in [3.8, 4) is 5.75 Å². The molecule has 0 unspecified atom stereocenters. The van der Waals surface area contributed by atoms with E-state index in [0.717, 1.165) is 6.54 Å². The molecule has 0 aromatic carbocycles. The van der Waals surface area contributed by atoms with Gasteiger partial charge in [0, 0.05) is 13.6 Å². The number of fused-ring (bicyclic) bond motifs is 1. The monoisotopic (exact) mass is 167 g/mol. The number of rotatable bonds is 0. The van der Waals surface area contributed by atoms with Gasteiger partial charge in [0.25, 0.3) is 0 Å². The molecule has 0 atom stereocenters. The van der Waals surface area contributed by atoms with Gasteiger partial charge in [0.2, 0.25) is 5.75 Å². The van der Waals surface area contributed by atoms with Gasteiger partial charge in [0.05, 0.1) is 6.20 Å². The van der Waals surface area contributed by atoms with E-state index < -0.39 is 0 Å². The average molecular weight is 167 g/mol. The summed E-state index contributed by atoms with van der Waals surface area (Å²) in [5.41, 5.74) is 0.490. The standard InChI is InChI=1S/C7H9N3O2/c1-10-7(11)6-5(4-9-10)8-2-3-12-6/h4,8H,2-3H2,1H3. The van der Waals surface area contributed by atoms with Crippen LogP contribution in [0.5, 0.6) is 5.75 Å². The van der Waals surface area contributed by atoms with E-state index in [-0.39, 0.29) is 5.56 Å². The fourth-order valence-electron chi connectivity index (χ4n) is 1.12. The number of nitrogens with one attached hydrogen (secondary N) is 1. The summed E-state index contributed by atoms with van der Waals surface area (Å²) in [6.07, 6.45) is 1.59. The van der Waals surface area contributed by atoms with Crippen LogP contribution >= 0.6 is 0 Å². The molecule has 1 aromatic heterocycles. The second kappa shape index (κ2) is 2.51. The summed E-state index contributed by atoms with van der Waals surface area (Å²) in [4.78, 5) is 11.3. The minimum Gasteiger partial charge on any atom is -0.484 e. The highest BCUT2D eigenvalue weighted by Gasteiger charge is 2.14. The Kier molecular flexibility index (Phi) is 1.49. The van der Waals surface area contributed by atoms with Gasteiger partial charge in [-0.3, -0.25) is 4.79 Å². The first kappa shape index (κ1) is 7.15. The molecule has 0 saturated carbocycles. The fourth-order valence-corrected chi connectivity index (χ4v) is 1.12. The zero-order valence-corrected chi connectivity index (χ0v) is 6.70. The van der Waals surface area contributed by atoms with Crippen LogP contribution in [0.4, 0.5) is 5.69 Å². The van der Waals surface area contributed by atoms with Crippen molar-refractivity contribution in [2.45, 2.75) is 0 Å². The fraction of sp³-hybridized carbons (Fsp3) is 0.429. The lowest BCUT2D eigenvalue weighted by Gasteiger charge is -2.17. The number of hydrogen-bond acceptors (Lipinski definition) is 4. The molecule has 0 radical (unpaired) electrons. The number of aryl methyl sites for hydroxylation is 1. The van der Waals surface area contributed by atoms with Crippen molar-refractivity contribution in [3.05, 3.63) is 16.6 Å². The molecule has 2 heterocycles. The van der Waals surface area contributed by atoms with E-state index in [1.54, 1.807) is 13.2 Å². The van der Waals surface area contributed by atoms with E-state index in [1.807, 2.05) is 0 Å². The lowest BCUT2D eigenvalue weighted by molar-refractivity contribution is 0.314. The van der Waals surface area contributed by atoms with Crippen LogP contribution in [0.1, 0.15) is 0 Å². The Balaban J connectivity index is 2.62. The van der Waals surface area contributed by atoms with Crippen LogP contribution in [0.25, 0.3) is 0 Å². The molecule has 0 bridgehead atoms. The van der Waals surface area contributed by atoms with Crippen molar-refractivity contribution in [3.63, 3.8) is 0 Å². The molecule has 5 nitrogen and oxygen atoms in total. The molecule has 0 spiro atoms. The molecular weight excluding hydrogens is 158 g/mol. The van der Waals surface area contributed by atoms with Crippen LogP contribution in [0.3, 0.4) is 0 Å². The smallest absolute Gasteiger partial charge is 0.310 e. The van der Waals surface area contributed by atoms with Crippen molar-refractivity contribution in [2.75, 3.05) is 18.5 Å². The predicted octanol–water partition coefficient (Wildman–Crippen LogP) is -0.415. The maximum atomic E-state index is 11.3. The third kappa shape index (κ3) is 0.939. The van der Waals surface area contributed by atoms with E-state index in [4.69, 9.17) is 4.74 Å². The van der Waals surface area contributed by atoms with Crippen molar-refractivity contribution in [2.24, 2.45) is 7.05 Å². The van der Waals surface area contributed by atoms with Crippen LogP contribution in [-0.2, 0) is 7.05 Å². The van der Waals surface area contributed by atoms with Crippen LogP contribution in [0.15, 0.2) is 11.0 Å². The Bertz CT molecular complexity index is 358. The highest BCUT2D eigenvalue weighted by Crippen LogP contribution is 2.19. The topological polar surface area (TPSA) is 56.2 Å². The van der Waals surface area contributed by atoms with Crippen molar-refractivity contribution in [1.29, 1.82) is 0 Å². The zero-order valence-electron chi connectivity index (χ0n) is 6.70. The predicted molar refractivity (Wildman–Crippen MR) is 43.5 cm³/mol. The van der Waals surface area contributed by atoms with Crippen LogP contribution < -0.4 is 15.6 Å². The third-order valence-electron chi connectivity index (χ3n) is 1.76. The van der Waals surface area contributed by atoms with Gasteiger partial charge < -0.3 is 10.1 Å². The molecular formula is C7H9N3O2. The first-order valence-electron chi connectivity index (χ1n) is 3.72. The molecule has 0 aliphatic carbocycles. The summed E-state index contributed by atoms with van der Waals surface area (Å²) < 4.78 is 6.46. The lowest BCUT2D eigenvalue weighted by Crippen LogP contribution is -2.28. The average Bonchev–Trinajstić information content (AvgIpc) is 2.12. The molecule has 1 aliphatic rings. The molecule has 0 saturated heterocycles. The Hall–Kier alpha value is -1.52. The summed E-state index contributed by atoms with van der Waals surface area (Å²) in [6.45, 7) is 1.26. The molecule has 5 heteroatoms. The quantitative estimate of drug-likeness (QED) is 0.570. The normalized spacial score (nSPS) is 14.4. The van der Waals surface area contributed by atoms with E-state index in [0.29, 0.717) is 18.0 Å². The van der Waals surface area contributed by atoms with E-state index in [9.17, 15) is 4.79 Å². The van der Waals surface area contributed by atoms with Gasteiger partial charge in [-0.2, -0.15) is 5.10 Å². The summed E-state index contributed by atoms with van der Waals surface area (Å²) in [7, 11) is 1.60. The first-order chi connectivity index (χ1) is 5.79. The van der Waals surface area contributed by atoms with E-state index in [2.05, 4.69) is 10.4 Å². The SMILES string of the molecule is Cn1ncc2c(c1=O)OCCN2. The second-order valence-electron chi connectivity index (χ2n) is 2.59. The number of nitrogens with zero attached hydrogens (tertiary/aromatic N) is 2. The lowest BCUT2D eigenvalue weighted by atomic mass is 10.4. The van der Waals surface area contributed by atoms with Gasteiger partial charge in [0.1, 0.15) is 12.3 Å². The van der Waals surface area contributed by atoms with Gasteiger partial charge in [-0.1, -0.05) is 0 Å². The summed E-state index contributed by atoms with van der Waals surface area (Å²) in [5.74, 6) is 0.374. The number of anilines is 1. The number of aromatic nitrogens is 2. The molecule has 2 rings (SSSR count). The molecule has 0 fully saturated rings. The first-order valence-corrected chi connectivity index (χ1v) is 3.72. The number of hydrogen-bond donors (Lipinski definition) is 1. The highest BCUT2D eigenvalue weighted by molar-refractivity contribution is 5.54. The molecule has 12 heavy (non-hydrogen) atoms. The maximum Gasteiger partial charge on any atom is 0.310 e. The molecule has 64 valence electrons. The van der Waals surface area contributed by atoms with Gasteiger partial charge in [-0.05, 0) is 0 Å². The Labute approximate surface area is 69.0 Å². The second-order valence-corrected chi connectivity index (χ2v) is 2.59. The Morgan fingerprint density at radius 1 is 1.75 bits per heavy atom. The maximum absolute atomic E-state index is 11.3. The Morgan fingerprint density at radius 2 is 2.58 bits per heavy atom. The summed E-state index contributed by atoms with van der Waals surface area (Å²) >= 11 is 0. The van der Waals surface area contributed by atoms with E-state index >= 15 is 0 Å². The van der Waals surface area contributed by atoms with Gasteiger partial charge in [-0.25, -0.2) is 4.68 Å². The van der Waals surface area contributed by atoms with Crippen LogP contribution in [0, 0.1) is 0 Å². The minimum absolute atomic E-state index is 0.195. The third-order valence-corrected chi connectivity index (χ3v) is 1.76. The number of ether oxygens (including phenoxy) is 1. The zero-order chi connectivity index (χ0) is 8.55. The van der Waals surface area contributed by atoms with E-state index in [1.165, 1.54) is 4.68 Å². The van der Waals surface area contributed by atoms with Gasteiger partial charge in [-0.15, -0.1) is 0 Å². The van der Waals surface area contributed by atoms with Gasteiger partial charge in [0.15, 0.2) is 0 Å². The van der Waals surface area contributed by atoms with Crippen LogP contribution in [0.2, 0.25) is 0 Å². The summed E-state index contributed by atoms with van der Waals surface area (Å²) in [6, 6.07) is 0. The van der Waals surface area contributed by atoms with Crippen molar-refractivity contribution in [1.82, 2.24) is 9.78 Å².